The first-order valence-corrected chi connectivity index (χ1v) is 6.45. The molecule has 1 aromatic carbocycles. The summed E-state index contributed by atoms with van der Waals surface area (Å²) in [7, 11) is 3.08. The fraction of sp³-hybridized carbons (Fsp3) is 0.286. The van der Waals surface area contributed by atoms with Gasteiger partial charge in [0.05, 0.1) is 18.7 Å². The highest BCUT2D eigenvalue weighted by Gasteiger charge is 2.33. The van der Waals surface area contributed by atoms with Crippen molar-refractivity contribution in [2.45, 2.75) is 13.0 Å². The second kappa shape index (κ2) is 5.58. The average molecular weight is 294 g/mol. The van der Waals surface area contributed by atoms with Crippen molar-refractivity contribution in [3.8, 4) is 0 Å². The molecule has 1 heterocycles. The summed E-state index contributed by atoms with van der Waals surface area (Å²) in [5.74, 6) is -0.824. The van der Waals surface area contributed by atoms with Crippen molar-refractivity contribution in [1.82, 2.24) is 10.2 Å². The van der Waals surface area contributed by atoms with Gasteiger partial charge in [-0.1, -0.05) is 12.1 Å². The molecule has 6 heteroatoms. The Morgan fingerprint density at radius 2 is 2.20 bits per heavy atom. The molecule has 106 valence electrons. The van der Waals surface area contributed by atoms with Gasteiger partial charge in [-0.3, -0.25) is 0 Å². The lowest BCUT2D eigenvalue weighted by Gasteiger charge is -2.35. The molecule has 1 atom stereocenters. The number of benzene rings is 1. The topological polar surface area (TPSA) is 41.6 Å². The number of allylic oxidation sites excluding steroid dienone is 1. The van der Waals surface area contributed by atoms with E-state index in [0.717, 1.165) is 0 Å². The van der Waals surface area contributed by atoms with Gasteiger partial charge in [-0.05, 0) is 36.8 Å². The Labute approximate surface area is 122 Å². The van der Waals surface area contributed by atoms with E-state index in [1.165, 1.54) is 19.2 Å². The number of methoxy groups -OCH3 is 1. The second-order valence-electron chi connectivity index (χ2n) is 4.49. The summed E-state index contributed by atoms with van der Waals surface area (Å²) >= 11 is 5.23. The Hall–Kier alpha value is -1.95. The molecule has 0 saturated carbocycles. The van der Waals surface area contributed by atoms with Crippen molar-refractivity contribution in [3.63, 3.8) is 0 Å². The highest BCUT2D eigenvalue weighted by Crippen LogP contribution is 2.30. The molecule has 1 aliphatic heterocycles. The molecule has 0 amide bonds. The van der Waals surface area contributed by atoms with Gasteiger partial charge in [0.1, 0.15) is 5.82 Å². The molecule has 1 aromatic rings. The van der Waals surface area contributed by atoms with E-state index < -0.39 is 12.0 Å². The van der Waals surface area contributed by atoms with Crippen molar-refractivity contribution in [2.75, 3.05) is 14.2 Å². The van der Waals surface area contributed by atoms with Gasteiger partial charge < -0.3 is 15.0 Å². The van der Waals surface area contributed by atoms with E-state index in [1.807, 2.05) is 0 Å². The number of nitrogens with zero attached hydrogens (tertiary/aromatic N) is 1. The number of nitrogens with one attached hydrogen (secondary N) is 1. The van der Waals surface area contributed by atoms with E-state index in [2.05, 4.69) is 5.32 Å². The molecule has 20 heavy (non-hydrogen) atoms. The smallest absolute Gasteiger partial charge is 0.337 e. The number of hydrogen-bond acceptors (Lipinski definition) is 3. The fourth-order valence-electron chi connectivity index (χ4n) is 2.15. The summed E-state index contributed by atoms with van der Waals surface area (Å²) in [5.41, 5.74) is 1.74. The number of rotatable bonds is 2. The van der Waals surface area contributed by atoms with E-state index in [9.17, 15) is 9.18 Å². The first-order valence-electron chi connectivity index (χ1n) is 6.04. The number of carbonyl (C=O) groups is 1. The maximum absolute atomic E-state index is 13.4. The first-order chi connectivity index (χ1) is 9.45. The van der Waals surface area contributed by atoms with Gasteiger partial charge in [0.25, 0.3) is 0 Å². The molecular weight excluding hydrogens is 279 g/mol. The van der Waals surface area contributed by atoms with Gasteiger partial charge in [0.15, 0.2) is 5.11 Å². The fourth-order valence-corrected chi connectivity index (χ4v) is 2.40. The van der Waals surface area contributed by atoms with E-state index in [-0.39, 0.29) is 5.82 Å². The van der Waals surface area contributed by atoms with Crippen LogP contribution in [-0.4, -0.2) is 30.1 Å². The lowest BCUT2D eigenvalue weighted by Crippen LogP contribution is -2.46. The predicted molar refractivity (Wildman–Crippen MR) is 77.4 cm³/mol. The van der Waals surface area contributed by atoms with Crippen molar-refractivity contribution in [3.05, 3.63) is 46.9 Å². The molecule has 4 nitrogen and oxygen atoms in total. The quantitative estimate of drug-likeness (QED) is 0.668. The zero-order valence-electron chi connectivity index (χ0n) is 11.4. The summed E-state index contributed by atoms with van der Waals surface area (Å²) in [6.45, 7) is 1.78. The second-order valence-corrected chi connectivity index (χ2v) is 4.87. The first kappa shape index (κ1) is 14.5. The summed E-state index contributed by atoms with van der Waals surface area (Å²) in [5, 5.41) is 3.51. The number of carbonyl (C=O) groups excluding carboxylic acids is 1. The van der Waals surface area contributed by atoms with Gasteiger partial charge in [-0.2, -0.15) is 0 Å². The maximum Gasteiger partial charge on any atom is 0.337 e. The van der Waals surface area contributed by atoms with E-state index in [0.29, 0.717) is 21.9 Å². The highest BCUT2D eigenvalue weighted by molar-refractivity contribution is 7.80. The van der Waals surface area contributed by atoms with Gasteiger partial charge in [0, 0.05) is 12.7 Å². The number of thiocarbonyl (C=S) groups is 1. The van der Waals surface area contributed by atoms with Crippen molar-refractivity contribution in [2.24, 2.45) is 0 Å². The van der Waals surface area contributed by atoms with Crippen molar-refractivity contribution >= 4 is 23.3 Å². The van der Waals surface area contributed by atoms with Crippen LogP contribution in [0.1, 0.15) is 18.5 Å². The summed E-state index contributed by atoms with van der Waals surface area (Å²) in [6.07, 6.45) is 0. The maximum atomic E-state index is 13.4. The van der Waals surface area contributed by atoms with Crippen LogP contribution in [0.2, 0.25) is 0 Å². The van der Waals surface area contributed by atoms with Crippen LogP contribution in [0, 0.1) is 5.82 Å². The van der Waals surface area contributed by atoms with Crippen LogP contribution in [0.5, 0.6) is 0 Å². The molecule has 2 rings (SSSR count). The van der Waals surface area contributed by atoms with Crippen LogP contribution in [0.3, 0.4) is 0 Å². The zero-order valence-corrected chi connectivity index (χ0v) is 12.3. The van der Waals surface area contributed by atoms with Crippen LogP contribution < -0.4 is 5.32 Å². The third-order valence-electron chi connectivity index (χ3n) is 3.34. The van der Waals surface area contributed by atoms with E-state index in [4.69, 9.17) is 17.0 Å². The van der Waals surface area contributed by atoms with Crippen LogP contribution in [0.25, 0.3) is 0 Å². The number of ether oxygens (including phenoxy) is 1. The molecule has 0 aromatic heterocycles. The SMILES string of the molecule is COC(=O)C1=C(C)N(C)C(=S)NC1c1cccc(F)c1. The molecule has 0 aliphatic carbocycles. The predicted octanol–water partition coefficient (Wildman–Crippen LogP) is 2.13. The Kier molecular flexibility index (Phi) is 4.04. The molecule has 1 unspecified atom stereocenters. The monoisotopic (exact) mass is 294 g/mol. The minimum absolute atomic E-state index is 0.365. The van der Waals surface area contributed by atoms with Gasteiger partial charge in [-0.25, -0.2) is 9.18 Å². The molecule has 1 aliphatic rings. The molecule has 1 N–H and O–H groups in total. The summed E-state index contributed by atoms with van der Waals surface area (Å²) in [4.78, 5) is 13.7. The summed E-state index contributed by atoms with van der Waals surface area (Å²) < 4.78 is 18.2. The Morgan fingerprint density at radius 3 is 2.80 bits per heavy atom. The number of esters is 1. The molecule has 0 fully saturated rings. The van der Waals surface area contributed by atoms with E-state index >= 15 is 0 Å². The molecule has 0 bridgehead atoms. The Morgan fingerprint density at radius 1 is 1.50 bits per heavy atom. The van der Waals surface area contributed by atoms with Crippen LogP contribution in [-0.2, 0) is 9.53 Å². The van der Waals surface area contributed by atoms with Gasteiger partial charge >= 0.3 is 5.97 Å². The minimum Gasteiger partial charge on any atom is -0.466 e. The lowest BCUT2D eigenvalue weighted by molar-refractivity contribution is -0.136. The molecule has 0 radical (unpaired) electrons. The third kappa shape index (κ3) is 2.51. The molecular formula is C14H15FN2O2S. The summed E-state index contributed by atoms with van der Waals surface area (Å²) in [6, 6.07) is 5.55. The van der Waals surface area contributed by atoms with Crippen LogP contribution in [0.15, 0.2) is 35.5 Å². The minimum atomic E-state index is -0.512. The molecule has 0 spiro atoms. The normalized spacial score (nSPS) is 18.9. The van der Waals surface area contributed by atoms with E-state index in [1.54, 1.807) is 31.0 Å². The Balaban J connectivity index is 2.55. The standard InChI is InChI=1S/C14H15FN2O2S/c1-8-11(13(18)19-3)12(16-14(20)17(8)2)9-5-4-6-10(15)7-9/h4-7,12H,1-3H3,(H,16,20). The number of halogens is 1. The highest BCUT2D eigenvalue weighted by atomic mass is 32.1. The Bertz CT molecular complexity index is 601. The lowest BCUT2D eigenvalue weighted by atomic mass is 9.95. The van der Waals surface area contributed by atoms with Crippen LogP contribution >= 0.6 is 12.2 Å². The largest absolute Gasteiger partial charge is 0.466 e. The van der Waals surface area contributed by atoms with Crippen molar-refractivity contribution < 1.29 is 13.9 Å². The van der Waals surface area contributed by atoms with Gasteiger partial charge in [-0.15, -0.1) is 0 Å². The zero-order chi connectivity index (χ0) is 14.9. The number of hydrogen-bond donors (Lipinski definition) is 1. The van der Waals surface area contributed by atoms with Gasteiger partial charge in [0.2, 0.25) is 0 Å². The third-order valence-corrected chi connectivity index (χ3v) is 3.73. The van der Waals surface area contributed by atoms with Crippen LogP contribution in [0.4, 0.5) is 4.39 Å². The average Bonchev–Trinajstić information content (AvgIpc) is 2.43. The molecule has 0 saturated heterocycles. The van der Waals surface area contributed by atoms with Crippen molar-refractivity contribution in [1.29, 1.82) is 0 Å².